The summed E-state index contributed by atoms with van der Waals surface area (Å²) in [5, 5.41) is 0. The van der Waals surface area contributed by atoms with Crippen LogP contribution in [0.1, 0.15) is 31.2 Å². The molecule has 2 rings (SSSR count). The van der Waals surface area contributed by atoms with Gasteiger partial charge in [-0.05, 0) is 37.8 Å². The van der Waals surface area contributed by atoms with Gasteiger partial charge >= 0.3 is 6.18 Å². The summed E-state index contributed by atoms with van der Waals surface area (Å²) in [6.45, 7) is 0. The molecule has 0 atom stereocenters. The lowest BCUT2D eigenvalue weighted by Crippen LogP contribution is -2.32. The number of rotatable bonds is 2. The van der Waals surface area contributed by atoms with E-state index in [0.29, 0.717) is 12.8 Å². The molecule has 2 nitrogen and oxygen atoms in total. The summed E-state index contributed by atoms with van der Waals surface area (Å²) in [7, 11) is 0. The van der Waals surface area contributed by atoms with E-state index in [-0.39, 0.29) is 17.9 Å². The van der Waals surface area contributed by atoms with Crippen LogP contribution in [0.15, 0.2) is 24.3 Å². The Balaban J connectivity index is 2.10. The molecule has 2 N–H and O–H groups in total. The summed E-state index contributed by atoms with van der Waals surface area (Å²) in [5.41, 5.74) is 5.05. The van der Waals surface area contributed by atoms with Gasteiger partial charge in [-0.25, -0.2) is 0 Å². The van der Waals surface area contributed by atoms with Crippen LogP contribution >= 0.6 is 0 Å². The van der Waals surface area contributed by atoms with Crippen molar-refractivity contribution < 1.29 is 17.9 Å². The van der Waals surface area contributed by atoms with Crippen LogP contribution in [-0.2, 0) is 6.18 Å². The molecule has 18 heavy (non-hydrogen) atoms. The van der Waals surface area contributed by atoms with Crippen LogP contribution in [0.25, 0.3) is 0 Å². The molecule has 100 valence electrons. The molecular formula is C13H16F3NO. The first-order valence-electron chi connectivity index (χ1n) is 6.05. The Morgan fingerprint density at radius 1 is 1.06 bits per heavy atom. The van der Waals surface area contributed by atoms with Crippen molar-refractivity contribution in [3.05, 3.63) is 29.8 Å². The van der Waals surface area contributed by atoms with E-state index in [2.05, 4.69) is 0 Å². The number of nitrogens with two attached hydrogens (primary N) is 1. The van der Waals surface area contributed by atoms with Gasteiger partial charge in [0.15, 0.2) is 0 Å². The van der Waals surface area contributed by atoms with Crippen molar-refractivity contribution in [1.29, 1.82) is 0 Å². The Bertz CT molecular complexity index is 397. The van der Waals surface area contributed by atoms with E-state index < -0.39 is 11.7 Å². The van der Waals surface area contributed by atoms with Crippen LogP contribution in [0.2, 0.25) is 0 Å². The van der Waals surface area contributed by atoms with Crippen molar-refractivity contribution >= 4 is 0 Å². The molecule has 1 fully saturated rings. The van der Waals surface area contributed by atoms with E-state index in [1.165, 1.54) is 12.1 Å². The van der Waals surface area contributed by atoms with E-state index in [9.17, 15) is 13.2 Å². The molecule has 0 bridgehead atoms. The first-order chi connectivity index (χ1) is 8.47. The molecular weight excluding hydrogens is 243 g/mol. The number of hydrogen-bond acceptors (Lipinski definition) is 2. The minimum atomic E-state index is -4.37. The van der Waals surface area contributed by atoms with E-state index in [4.69, 9.17) is 10.5 Å². The number of para-hydroxylation sites is 1. The number of benzene rings is 1. The first kappa shape index (κ1) is 13.2. The Hall–Kier alpha value is -1.23. The highest BCUT2D eigenvalue weighted by Gasteiger charge is 2.34. The number of halogens is 3. The fourth-order valence-electron chi connectivity index (χ4n) is 2.19. The Labute approximate surface area is 104 Å². The lowest BCUT2D eigenvalue weighted by atomic mass is 9.93. The lowest BCUT2D eigenvalue weighted by molar-refractivity contribution is -0.139. The summed E-state index contributed by atoms with van der Waals surface area (Å²) in [5.74, 6) is -0.0783. The highest BCUT2D eigenvalue weighted by atomic mass is 19.4. The number of alkyl halides is 3. The maximum atomic E-state index is 12.8. The predicted octanol–water partition coefficient (Wildman–Crippen LogP) is 3.35. The number of ether oxygens (including phenoxy) is 1. The van der Waals surface area contributed by atoms with E-state index in [1.807, 2.05) is 0 Å². The summed E-state index contributed by atoms with van der Waals surface area (Å²) in [6, 6.07) is 5.50. The minimum Gasteiger partial charge on any atom is -0.490 e. The molecule has 1 aromatic carbocycles. The van der Waals surface area contributed by atoms with Gasteiger partial charge in [0.2, 0.25) is 0 Å². The standard InChI is InChI=1S/C13H16F3NO/c14-13(15,16)11-3-1-2-4-12(11)18-10-7-5-9(17)6-8-10/h1-4,9-10H,5-8,17H2. The van der Waals surface area contributed by atoms with Gasteiger partial charge in [0.25, 0.3) is 0 Å². The zero-order valence-electron chi connectivity index (χ0n) is 9.91. The van der Waals surface area contributed by atoms with Crippen molar-refractivity contribution in [3.8, 4) is 5.75 Å². The van der Waals surface area contributed by atoms with Crippen LogP contribution in [0.4, 0.5) is 13.2 Å². The smallest absolute Gasteiger partial charge is 0.419 e. The summed E-state index contributed by atoms with van der Waals surface area (Å²) in [4.78, 5) is 0. The highest BCUT2D eigenvalue weighted by molar-refractivity contribution is 5.35. The Kier molecular flexibility index (Phi) is 3.80. The average Bonchev–Trinajstić information content (AvgIpc) is 2.31. The van der Waals surface area contributed by atoms with Crippen molar-refractivity contribution in [2.45, 2.75) is 44.0 Å². The fraction of sp³-hybridized carbons (Fsp3) is 0.538. The molecule has 0 saturated heterocycles. The molecule has 0 spiro atoms. The Morgan fingerprint density at radius 3 is 2.28 bits per heavy atom. The van der Waals surface area contributed by atoms with Crippen molar-refractivity contribution in [1.82, 2.24) is 0 Å². The quantitative estimate of drug-likeness (QED) is 0.884. The van der Waals surface area contributed by atoms with Crippen molar-refractivity contribution in [2.24, 2.45) is 5.73 Å². The topological polar surface area (TPSA) is 35.2 Å². The molecule has 1 aliphatic rings. The third-order valence-corrected chi connectivity index (χ3v) is 3.20. The van der Waals surface area contributed by atoms with Gasteiger partial charge in [0.1, 0.15) is 5.75 Å². The average molecular weight is 259 g/mol. The SMILES string of the molecule is NC1CCC(Oc2ccccc2C(F)(F)F)CC1. The van der Waals surface area contributed by atoms with Gasteiger partial charge < -0.3 is 10.5 Å². The summed E-state index contributed by atoms with van der Waals surface area (Å²) >= 11 is 0. The van der Waals surface area contributed by atoms with Crippen LogP contribution in [0.3, 0.4) is 0 Å². The van der Waals surface area contributed by atoms with Gasteiger partial charge in [-0.15, -0.1) is 0 Å². The van der Waals surface area contributed by atoms with Crippen LogP contribution in [0, 0.1) is 0 Å². The highest BCUT2D eigenvalue weighted by Crippen LogP contribution is 2.37. The third kappa shape index (κ3) is 3.16. The van der Waals surface area contributed by atoms with Crippen molar-refractivity contribution in [2.75, 3.05) is 0 Å². The molecule has 1 aliphatic carbocycles. The van der Waals surface area contributed by atoms with Gasteiger partial charge in [-0.1, -0.05) is 12.1 Å². The van der Waals surface area contributed by atoms with E-state index in [0.717, 1.165) is 18.9 Å². The molecule has 5 heteroatoms. The first-order valence-corrected chi connectivity index (χ1v) is 6.05. The molecule has 0 heterocycles. The maximum Gasteiger partial charge on any atom is 0.419 e. The molecule has 1 saturated carbocycles. The zero-order chi connectivity index (χ0) is 13.2. The zero-order valence-corrected chi connectivity index (χ0v) is 9.91. The van der Waals surface area contributed by atoms with E-state index in [1.54, 1.807) is 6.07 Å². The maximum absolute atomic E-state index is 12.8. The molecule has 1 aromatic rings. The normalized spacial score (nSPS) is 24.9. The van der Waals surface area contributed by atoms with Gasteiger partial charge in [-0.3, -0.25) is 0 Å². The van der Waals surface area contributed by atoms with Gasteiger partial charge in [0, 0.05) is 6.04 Å². The van der Waals surface area contributed by atoms with Crippen LogP contribution < -0.4 is 10.5 Å². The van der Waals surface area contributed by atoms with Crippen LogP contribution in [-0.4, -0.2) is 12.1 Å². The van der Waals surface area contributed by atoms with Crippen molar-refractivity contribution in [3.63, 3.8) is 0 Å². The molecule has 0 aliphatic heterocycles. The second-order valence-electron chi connectivity index (χ2n) is 4.65. The molecule has 0 aromatic heterocycles. The number of hydrogen-bond donors (Lipinski definition) is 1. The summed E-state index contributed by atoms with van der Waals surface area (Å²) in [6.07, 6.45) is -1.49. The van der Waals surface area contributed by atoms with Gasteiger partial charge in [-0.2, -0.15) is 13.2 Å². The summed E-state index contributed by atoms with van der Waals surface area (Å²) < 4.78 is 43.8. The predicted molar refractivity (Wildman–Crippen MR) is 62.3 cm³/mol. The molecule has 0 unspecified atom stereocenters. The lowest BCUT2D eigenvalue weighted by Gasteiger charge is -2.27. The third-order valence-electron chi connectivity index (χ3n) is 3.20. The van der Waals surface area contributed by atoms with Crippen LogP contribution in [0.5, 0.6) is 5.75 Å². The largest absolute Gasteiger partial charge is 0.490 e. The molecule has 0 amide bonds. The van der Waals surface area contributed by atoms with E-state index >= 15 is 0 Å². The molecule has 0 radical (unpaired) electrons. The monoisotopic (exact) mass is 259 g/mol. The van der Waals surface area contributed by atoms with Gasteiger partial charge in [0.05, 0.1) is 11.7 Å². The second-order valence-corrected chi connectivity index (χ2v) is 4.65. The second kappa shape index (κ2) is 5.18. The minimum absolute atomic E-state index is 0.0783. The fourth-order valence-corrected chi connectivity index (χ4v) is 2.19. The Morgan fingerprint density at radius 2 is 1.67 bits per heavy atom.